The third-order valence-corrected chi connectivity index (χ3v) is 3.90. The molecule has 0 unspecified atom stereocenters. The Morgan fingerprint density at radius 3 is 2.91 bits per heavy atom. The molecule has 0 fully saturated rings. The van der Waals surface area contributed by atoms with Crippen molar-refractivity contribution in [1.82, 2.24) is 15.1 Å². The van der Waals surface area contributed by atoms with E-state index in [0.29, 0.717) is 6.54 Å². The number of fused-ring (bicyclic) bond motifs is 1. The number of aromatic nitrogens is 2. The molecule has 3 rings (SSSR count). The minimum Gasteiger partial charge on any atom is -0.360 e. The molecule has 0 saturated carbocycles. The highest BCUT2D eigenvalue weighted by Gasteiger charge is 2.26. The van der Waals surface area contributed by atoms with Gasteiger partial charge in [-0.1, -0.05) is 18.2 Å². The van der Waals surface area contributed by atoms with Gasteiger partial charge in [0, 0.05) is 30.7 Å². The van der Waals surface area contributed by atoms with E-state index in [9.17, 15) is 4.79 Å². The minimum absolute atomic E-state index is 0.0610. The van der Waals surface area contributed by atoms with Gasteiger partial charge in [0.15, 0.2) is 0 Å². The molecule has 1 aromatic heterocycles. The van der Waals surface area contributed by atoms with E-state index in [1.165, 1.54) is 5.56 Å². The molecule has 1 aromatic carbocycles. The molecule has 5 nitrogen and oxygen atoms in total. The number of carbonyl (C=O) groups excluding carboxylic acids is 1. The fraction of sp³-hybridized carbons (Fsp3) is 0.412. The third-order valence-electron chi connectivity index (χ3n) is 3.90. The first kappa shape index (κ1) is 14.6. The van der Waals surface area contributed by atoms with Gasteiger partial charge < -0.3 is 10.2 Å². The highest BCUT2D eigenvalue weighted by molar-refractivity contribution is 5.82. The van der Waals surface area contributed by atoms with Crippen LogP contribution in [0.1, 0.15) is 25.5 Å². The summed E-state index contributed by atoms with van der Waals surface area (Å²) in [6.07, 6.45) is 4.74. The molecule has 22 heavy (non-hydrogen) atoms. The lowest BCUT2D eigenvalue weighted by atomic mass is 9.98. The first-order valence-corrected chi connectivity index (χ1v) is 7.75. The van der Waals surface area contributed by atoms with E-state index in [1.54, 1.807) is 6.20 Å². The Kier molecular flexibility index (Phi) is 4.13. The topological polar surface area (TPSA) is 50.2 Å². The fourth-order valence-corrected chi connectivity index (χ4v) is 3.03. The average molecular weight is 298 g/mol. The van der Waals surface area contributed by atoms with Gasteiger partial charge in [-0.25, -0.2) is 0 Å². The maximum absolute atomic E-state index is 12.1. The Hall–Kier alpha value is -2.30. The van der Waals surface area contributed by atoms with E-state index in [0.717, 1.165) is 18.7 Å². The molecule has 1 amide bonds. The molecule has 1 atom stereocenters. The first-order valence-electron chi connectivity index (χ1n) is 7.75. The van der Waals surface area contributed by atoms with Crippen molar-refractivity contribution in [1.29, 1.82) is 0 Å². The normalized spacial score (nSPS) is 17.4. The largest absolute Gasteiger partial charge is 0.360 e. The number of benzene rings is 1. The van der Waals surface area contributed by atoms with Crippen molar-refractivity contribution < 1.29 is 4.79 Å². The Bertz CT molecular complexity index is 636. The molecule has 0 radical (unpaired) electrons. The van der Waals surface area contributed by atoms with Crippen molar-refractivity contribution in [2.75, 3.05) is 18.0 Å². The second-order valence-electron chi connectivity index (χ2n) is 6.08. The van der Waals surface area contributed by atoms with Crippen molar-refractivity contribution in [3.8, 4) is 0 Å². The molecule has 116 valence electrons. The van der Waals surface area contributed by atoms with Gasteiger partial charge >= 0.3 is 0 Å². The van der Waals surface area contributed by atoms with Crippen LogP contribution in [-0.4, -0.2) is 34.8 Å². The van der Waals surface area contributed by atoms with Gasteiger partial charge in [-0.15, -0.1) is 0 Å². The number of nitrogens with zero attached hydrogens (tertiary/aromatic N) is 3. The third kappa shape index (κ3) is 3.13. The zero-order valence-electron chi connectivity index (χ0n) is 13.1. The van der Waals surface area contributed by atoms with Crippen LogP contribution in [0.15, 0.2) is 42.7 Å². The fourth-order valence-electron chi connectivity index (χ4n) is 3.03. The van der Waals surface area contributed by atoms with Crippen LogP contribution >= 0.6 is 0 Å². The van der Waals surface area contributed by atoms with Crippen molar-refractivity contribution in [2.45, 2.75) is 32.4 Å². The second-order valence-corrected chi connectivity index (χ2v) is 6.08. The second kappa shape index (κ2) is 6.22. The molecule has 5 heteroatoms. The van der Waals surface area contributed by atoms with E-state index in [4.69, 9.17) is 0 Å². The van der Waals surface area contributed by atoms with Crippen LogP contribution in [0, 0.1) is 0 Å². The van der Waals surface area contributed by atoms with Gasteiger partial charge in [-0.3, -0.25) is 9.48 Å². The summed E-state index contributed by atoms with van der Waals surface area (Å²) in [6, 6.07) is 10.7. The van der Waals surface area contributed by atoms with Crippen LogP contribution in [-0.2, 0) is 11.2 Å². The van der Waals surface area contributed by atoms with Gasteiger partial charge in [-0.05, 0) is 38.0 Å². The lowest BCUT2D eigenvalue weighted by Crippen LogP contribution is -2.44. The van der Waals surface area contributed by atoms with Gasteiger partial charge in [-0.2, -0.15) is 5.10 Å². The number of rotatable bonds is 4. The van der Waals surface area contributed by atoms with E-state index < -0.39 is 0 Å². The predicted octanol–water partition coefficient (Wildman–Crippen LogP) is 2.01. The van der Waals surface area contributed by atoms with Crippen LogP contribution in [0.2, 0.25) is 0 Å². The van der Waals surface area contributed by atoms with Crippen LogP contribution in [0.3, 0.4) is 0 Å². The lowest BCUT2D eigenvalue weighted by Gasteiger charge is -2.36. The molecule has 0 aliphatic carbocycles. The zero-order valence-corrected chi connectivity index (χ0v) is 13.1. The highest BCUT2D eigenvalue weighted by Crippen LogP contribution is 2.31. The Labute approximate surface area is 130 Å². The molecule has 2 aromatic rings. The predicted molar refractivity (Wildman–Crippen MR) is 86.9 cm³/mol. The quantitative estimate of drug-likeness (QED) is 0.939. The van der Waals surface area contributed by atoms with E-state index in [1.807, 2.05) is 36.9 Å². The van der Waals surface area contributed by atoms with Crippen LogP contribution in [0.5, 0.6) is 0 Å². The average Bonchev–Trinajstić information content (AvgIpc) is 3.00. The van der Waals surface area contributed by atoms with Crippen LogP contribution in [0.25, 0.3) is 0 Å². The summed E-state index contributed by atoms with van der Waals surface area (Å²) in [5.74, 6) is 0.0610. The minimum atomic E-state index is 0.0610. The SMILES string of the molecule is CC(C)NC(=O)CN1C[C@H](n2cccn2)Cc2ccccc21. The highest BCUT2D eigenvalue weighted by atomic mass is 16.2. The molecule has 1 N–H and O–H groups in total. The molecule has 0 spiro atoms. The van der Waals surface area contributed by atoms with Crippen LogP contribution < -0.4 is 10.2 Å². The number of hydrogen-bond acceptors (Lipinski definition) is 3. The maximum atomic E-state index is 12.1. The zero-order chi connectivity index (χ0) is 15.5. The number of para-hydroxylation sites is 1. The van der Waals surface area contributed by atoms with Crippen molar-refractivity contribution >= 4 is 11.6 Å². The molecule has 1 aliphatic heterocycles. The van der Waals surface area contributed by atoms with Gasteiger partial charge in [0.2, 0.25) is 5.91 Å². The summed E-state index contributed by atoms with van der Waals surface area (Å²) in [7, 11) is 0. The number of nitrogens with one attached hydrogen (secondary N) is 1. The Morgan fingerprint density at radius 2 is 2.18 bits per heavy atom. The molecular formula is C17H22N4O. The van der Waals surface area contributed by atoms with E-state index in [2.05, 4.69) is 33.5 Å². The summed E-state index contributed by atoms with van der Waals surface area (Å²) in [6.45, 7) is 5.14. The smallest absolute Gasteiger partial charge is 0.239 e. The number of hydrogen-bond donors (Lipinski definition) is 1. The molecular weight excluding hydrogens is 276 g/mol. The standard InChI is InChI=1S/C17H22N4O/c1-13(2)19-17(22)12-20-11-15(21-9-5-8-18-21)10-14-6-3-4-7-16(14)20/h3-9,13,15H,10-12H2,1-2H3,(H,19,22)/t15-/m1/s1. The van der Waals surface area contributed by atoms with Crippen molar-refractivity contribution in [3.63, 3.8) is 0 Å². The van der Waals surface area contributed by atoms with Crippen molar-refractivity contribution in [3.05, 3.63) is 48.3 Å². The Balaban J connectivity index is 1.82. The summed E-state index contributed by atoms with van der Waals surface area (Å²) in [5.41, 5.74) is 2.43. The summed E-state index contributed by atoms with van der Waals surface area (Å²) in [4.78, 5) is 14.3. The van der Waals surface area contributed by atoms with E-state index >= 15 is 0 Å². The van der Waals surface area contributed by atoms with Crippen LogP contribution in [0.4, 0.5) is 5.69 Å². The number of amides is 1. The Morgan fingerprint density at radius 1 is 1.36 bits per heavy atom. The number of carbonyl (C=O) groups is 1. The summed E-state index contributed by atoms with van der Waals surface area (Å²) >= 11 is 0. The van der Waals surface area contributed by atoms with Gasteiger partial charge in [0.05, 0.1) is 12.6 Å². The molecule has 0 saturated heterocycles. The molecule has 2 heterocycles. The molecule has 0 bridgehead atoms. The first-order chi connectivity index (χ1) is 10.6. The van der Waals surface area contributed by atoms with E-state index in [-0.39, 0.29) is 18.0 Å². The number of anilines is 1. The molecule has 1 aliphatic rings. The lowest BCUT2D eigenvalue weighted by molar-refractivity contribution is -0.120. The van der Waals surface area contributed by atoms with Gasteiger partial charge in [0.25, 0.3) is 0 Å². The summed E-state index contributed by atoms with van der Waals surface area (Å²) in [5, 5.41) is 7.33. The van der Waals surface area contributed by atoms with Crippen molar-refractivity contribution in [2.24, 2.45) is 0 Å². The summed E-state index contributed by atoms with van der Waals surface area (Å²) < 4.78 is 1.99. The maximum Gasteiger partial charge on any atom is 0.239 e. The van der Waals surface area contributed by atoms with Gasteiger partial charge in [0.1, 0.15) is 0 Å². The monoisotopic (exact) mass is 298 g/mol.